The van der Waals surface area contributed by atoms with Gasteiger partial charge in [0, 0.05) is 34.2 Å². The van der Waals surface area contributed by atoms with E-state index in [9.17, 15) is 0 Å². The van der Waals surface area contributed by atoms with Gasteiger partial charge in [-0.2, -0.15) is 0 Å². The Kier molecular flexibility index (Phi) is 6.66. The Labute approximate surface area is 176 Å². The Morgan fingerprint density at radius 3 is 2.61 bits per heavy atom. The third-order valence-corrected chi connectivity index (χ3v) is 8.18. The Morgan fingerprint density at radius 1 is 1.00 bits per heavy atom. The smallest absolute Gasteiger partial charge is 0.180 e. The van der Waals surface area contributed by atoms with Gasteiger partial charge in [-0.1, -0.05) is 13.8 Å². The summed E-state index contributed by atoms with van der Waals surface area (Å²) in [5, 5.41) is 9.50. The molecule has 0 saturated heterocycles. The van der Waals surface area contributed by atoms with Crippen molar-refractivity contribution in [3.05, 3.63) is 26.1 Å². The lowest BCUT2D eigenvalue weighted by molar-refractivity contribution is 0.387. The predicted molar refractivity (Wildman–Crippen MR) is 120 cm³/mol. The molecule has 2 aliphatic carbocycles. The summed E-state index contributed by atoms with van der Waals surface area (Å²) in [6.45, 7) is 6.66. The first-order valence-corrected chi connectivity index (χ1v) is 12.5. The first-order chi connectivity index (χ1) is 13.7. The van der Waals surface area contributed by atoms with E-state index in [1.54, 1.807) is 11.3 Å². The van der Waals surface area contributed by atoms with Crippen LogP contribution in [0.2, 0.25) is 0 Å². The number of nitrogens with one attached hydrogen (secondary N) is 2. The largest absolute Gasteiger partial charge is 0.375 e. The van der Waals surface area contributed by atoms with Crippen LogP contribution in [-0.4, -0.2) is 35.1 Å². The normalized spacial score (nSPS) is 24.1. The fourth-order valence-corrected chi connectivity index (χ4v) is 6.86. The molecular formula is C21H33N5S2. The summed E-state index contributed by atoms with van der Waals surface area (Å²) >= 11 is 3.64. The molecule has 4 N–H and O–H groups in total. The van der Waals surface area contributed by atoms with E-state index in [0.717, 1.165) is 50.3 Å². The maximum Gasteiger partial charge on any atom is 0.180 e. The van der Waals surface area contributed by atoms with Crippen molar-refractivity contribution in [2.75, 3.05) is 18.8 Å². The zero-order valence-electron chi connectivity index (χ0n) is 17.1. The van der Waals surface area contributed by atoms with Crippen molar-refractivity contribution in [2.45, 2.75) is 83.2 Å². The SMILES string of the molecule is CCCN[C@H]1CCc2nc(C[C@@H]3c4sc(N)nc4CC[C@@H]3NCCC)sc2C1. The van der Waals surface area contributed by atoms with Gasteiger partial charge in [0.25, 0.3) is 0 Å². The number of aryl methyl sites for hydroxylation is 2. The minimum atomic E-state index is 0.451. The van der Waals surface area contributed by atoms with Gasteiger partial charge in [0.1, 0.15) is 0 Å². The maximum atomic E-state index is 6.06. The number of nitrogen functional groups attached to an aromatic ring is 1. The highest BCUT2D eigenvalue weighted by molar-refractivity contribution is 7.15. The van der Waals surface area contributed by atoms with Gasteiger partial charge in [-0.15, -0.1) is 22.7 Å². The molecule has 0 aliphatic heterocycles. The molecule has 3 atom stereocenters. The van der Waals surface area contributed by atoms with Crippen LogP contribution in [0, 0.1) is 0 Å². The lowest BCUT2D eigenvalue weighted by Crippen LogP contribution is -2.39. The fraction of sp³-hybridized carbons (Fsp3) is 0.714. The summed E-state index contributed by atoms with van der Waals surface area (Å²) in [5.74, 6) is 0.451. The molecular weight excluding hydrogens is 386 g/mol. The van der Waals surface area contributed by atoms with Crippen LogP contribution in [0.4, 0.5) is 5.13 Å². The lowest BCUT2D eigenvalue weighted by atomic mass is 9.84. The van der Waals surface area contributed by atoms with E-state index in [-0.39, 0.29) is 0 Å². The Balaban J connectivity index is 1.51. The van der Waals surface area contributed by atoms with Gasteiger partial charge >= 0.3 is 0 Å². The van der Waals surface area contributed by atoms with Crippen LogP contribution in [0.25, 0.3) is 0 Å². The second-order valence-electron chi connectivity index (χ2n) is 8.14. The molecule has 0 aromatic carbocycles. The lowest BCUT2D eigenvalue weighted by Gasteiger charge is -2.31. The summed E-state index contributed by atoms with van der Waals surface area (Å²) in [6.07, 6.45) is 9.05. The zero-order chi connectivity index (χ0) is 19.5. The molecule has 4 rings (SSSR count). The number of hydrogen-bond donors (Lipinski definition) is 3. The quantitative estimate of drug-likeness (QED) is 0.608. The number of nitrogens with two attached hydrogens (primary N) is 1. The van der Waals surface area contributed by atoms with E-state index < -0.39 is 0 Å². The van der Waals surface area contributed by atoms with Crippen LogP contribution in [0.1, 0.15) is 71.6 Å². The second kappa shape index (κ2) is 9.20. The van der Waals surface area contributed by atoms with Crippen LogP contribution < -0.4 is 16.4 Å². The molecule has 2 aromatic rings. The highest BCUT2D eigenvalue weighted by atomic mass is 32.1. The number of thiazole rings is 2. The predicted octanol–water partition coefficient (Wildman–Crippen LogP) is 3.68. The molecule has 154 valence electrons. The molecule has 0 saturated carbocycles. The Hall–Kier alpha value is -1.02. The molecule has 2 aliphatic rings. The molecule has 0 radical (unpaired) electrons. The van der Waals surface area contributed by atoms with Crippen LogP contribution >= 0.6 is 22.7 Å². The summed E-state index contributed by atoms with van der Waals surface area (Å²) < 4.78 is 0. The van der Waals surface area contributed by atoms with Crippen LogP contribution in [-0.2, 0) is 25.7 Å². The summed E-state index contributed by atoms with van der Waals surface area (Å²) in [7, 11) is 0. The van der Waals surface area contributed by atoms with E-state index in [0.29, 0.717) is 18.0 Å². The van der Waals surface area contributed by atoms with Gasteiger partial charge in [-0.25, -0.2) is 9.97 Å². The molecule has 5 nitrogen and oxygen atoms in total. The number of aromatic nitrogens is 2. The zero-order valence-corrected chi connectivity index (χ0v) is 18.7. The van der Waals surface area contributed by atoms with Gasteiger partial charge in [0.05, 0.1) is 16.4 Å². The number of rotatable bonds is 8. The van der Waals surface area contributed by atoms with Crippen molar-refractivity contribution in [1.82, 2.24) is 20.6 Å². The van der Waals surface area contributed by atoms with Crippen LogP contribution in [0.15, 0.2) is 0 Å². The van der Waals surface area contributed by atoms with E-state index in [2.05, 4.69) is 29.5 Å². The fourth-order valence-electron chi connectivity index (χ4n) is 4.56. The van der Waals surface area contributed by atoms with Gasteiger partial charge in [0.15, 0.2) is 5.13 Å². The molecule has 2 heterocycles. The van der Waals surface area contributed by atoms with E-state index in [4.69, 9.17) is 10.7 Å². The average Bonchev–Trinajstić information content (AvgIpc) is 3.27. The van der Waals surface area contributed by atoms with Crippen LogP contribution in [0.5, 0.6) is 0 Å². The second-order valence-corrected chi connectivity index (χ2v) is 10.4. The summed E-state index contributed by atoms with van der Waals surface area (Å²) in [4.78, 5) is 12.6. The number of anilines is 1. The van der Waals surface area contributed by atoms with E-state index in [1.807, 2.05) is 11.3 Å². The highest BCUT2D eigenvalue weighted by Gasteiger charge is 2.33. The van der Waals surface area contributed by atoms with Crippen molar-refractivity contribution >= 4 is 27.8 Å². The van der Waals surface area contributed by atoms with Crippen molar-refractivity contribution in [3.8, 4) is 0 Å². The third-order valence-electron chi connectivity index (χ3n) is 5.98. The molecule has 0 unspecified atom stereocenters. The molecule has 0 bridgehead atoms. The Bertz CT molecular complexity index is 784. The van der Waals surface area contributed by atoms with Crippen molar-refractivity contribution in [1.29, 1.82) is 0 Å². The van der Waals surface area contributed by atoms with Gasteiger partial charge < -0.3 is 16.4 Å². The standard InChI is InChI=1S/C21H33N5S2/c1-3-9-23-13-5-6-16-18(11-13)27-19(25-16)12-14-15(24-10-4-2)7-8-17-20(14)28-21(22)26-17/h13-15,23-24H,3-12H2,1-2H3,(H2,22,26)/t13-,14-,15-/m0/s1. The van der Waals surface area contributed by atoms with Crippen molar-refractivity contribution < 1.29 is 0 Å². The molecule has 2 aromatic heterocycles. The summed E-state index contributed by atoms with van der Waals surface area (Å²) in [6, 6.07) is 1.13. The Morgan fingerprint density at radius 2 is 1.79 bits per heavy atom. The first kappa shape index (κ1) is 20.3. The van der Waals surface area contributed by atoms with E-state index in [1.165, 1.54) is 45.4 Å². The minimum absolute atomic E-state index is 0.451. The minimum Gasteiger partial charge on any atom is -0.375 e. The average molecular weight is 420 g/mol. The monoisotopic (exact) mass is 419 g/mol. The molecule has 0 fully saturated rings. The topological polar surface area (TPSA) is 75.9 Å². The number of nitrogens with zero attached hydrogens (tertiary/aromatic N) is 2. The van der Waals surface area contributed by atoms with Crippen molar-refractivity contribution in [3.63, 3.8) is 0 Å². The van der Waals surface area contributed by atoms with Gasteiger partial charge in [-0.3, -0.25) is 0 Å². The molecule has 0 amide bonds. The summed E-state index contributed by atoms with van der Waals surface area (Å²) in [5.41, 5.74) is 8.64. The van der Waals surface area contributed by atoms with Gasteiger partial charge in [-0.05, 0) is 58.0 Å². The first-order valence-electron chi connectivity index (χ1n) is 10.9. The number of fused-ring (bicyclic) bond motifs is 2. The third kappa shape index (κ3) is 4.42. The van der Waals surface area contributed by atoms with E-state index >= 15 is 0 Å². The van der Waals surface area contributed by atoms with Crippen LogP contribution in [0.3, 0.4) is 0 Å². The van der Waals surface area contributed by atoms with Gasteiger partial charge in [0.2, 0.25) is 0 Å². The number of hydrogen-bond acceptors (Lipinski definition) is 7. The molecule has 28 heavy (non-hydrogen) atoms. The molecule has 0 spiro atoms. The molecule has 7 heteroatoms. The maximum absolute atomic E-state index is 6.06. The van der Waals surface area contributed by atoms with Crippen molar-refractivity contribution in [2.24, 2.45) is 0 Å². The highest BCUT2D eigenvalue weighted by Crippen LogP contribution is 2.40.